The van der Waals surface area contributed by atoms with Crippen molar-refractivity contribution >= 4 is 11.6 Å². The molecule has 1 N–H and O–H groups in total. The standard InChI is InChI=1S/C15H21N3O/c1-4-5-6-15(19)17-14(11-16)12-7-9-13(10-8-12)18(2)3/h7-10,14H,4-6H2,1-3H3,(H,17,19). The van der Waals surface area contributed by atoms with Gasteiger partial charge in [0, 0.05) is 26.2 Å². The van der Waals surface area contributed by atoms with Crippen LogP contribution in [0.3, 0.4) is 0 Å². The second kappa shape index (κ2) is 7.42. The lowest BCUT2D eigenvalue weighted by Gasteiger charge is -2.15. The second-order valence-corrected chi connectivity index (χ2v) is 4.72. The number of nitrogens with one attached hydrogen (secondary N) is 1. The van der Waals surface area contributed by atoms with Crippen molar-refractivity contribution in [2.24, 2.45) is 0 Å². The highest BCUT2D eigenvalue weighted by molar-refractivity contribution is 5.76. The first-order valence-electron chi connectivity index (χ1n) is 6.54. The predicted octanol–water partition coefficient (Wildman–Crippen LogP) is 2.62. The molecule has 1 amide bonds. The van der Waals surface area contributed by atoms with Gasteiger partial charge in [-0.1, -0.05) is 25.5 Å². The van der Waals surface area contributed by atoms with E-state index in [0.29, 0.717) is 6.42 Å². The first-order valence-corrected chi connectivity index (χ1v) is 6.54. The summed E-state index contributed by atoms with van der Waals surface area (Å²) in [5.74, 6) is -0.0647. The smallest absolute Gasteiger partial charge is 0.221 e. The molecule has 1 aromatic rings. The molecule has 0 aliphatic carbocycles. The zero-order valence-electron chi connectivity index (χ0n) is 11.8. The van der Waals surface area contributed by atoms with E-state index in [0.717, 1.165) is 24.1 Å². The summed E-state index contributed by atoms with van der Waals surface area (Å²) in [6.07, 6.45) is 2.30. The lowest BCUT2D eigenvalue weighted by atomic mass is 10.1. The number of carbonyl (C=O) groups excluding carboxylic acids is 1. The monoisotopic (exact) mass is 259 g/mol. The molecule has 0 bridgehead atoms. The van der Waals surface area contributed by atoms with Gasteiger partial charge in [0.15, 0.2) is 0 Å². The van der Waals surface area contributed by atoms with E-state index in [2.05, 4.69) is 11.4 Å². The molecule has 1 unspecified atom stereocenters. The zero-order valence-corrected chi connectivity index (χ0v) is 11.8. The van der Waals surface area contributed by atoms with Crippen LogP contribution in [0.5, 0.6) is 0 Å². The SMILES string of the molecule is CCCCC(=O)NC(C#N)c1ccc(N(C)C)cc1. The normalized spacial score (nSPS) is 11.5. The van der Waals surface area contributed by atoms with Gasteiger partial charge in [0.05, 0.1) is 6.07 Å². The topological polar surface area (TPSA) is 56.1 Å². The minimum absolute atomic E-state index is 0.0647. The molecule has 1 rings (SSSR count). The molecule has 0 saturated carbocycles. The Morgan fingerprint density at radius 1 is 1.37 bits per heavy atom. The van der Waals surface area contributed by atoms with Crippen LogP contribution < -0.4 is 10.2 Å². The molecule has 4 nitrogen and oxygen atoms in total. The predicted molar refractivity (Wildman–Crippen MR) is 76.8 cm³/mol. The van der Waals surface area contributed by atoms with Crippen molar-refractivity contribution in [3.05, 3.63) is 29.8 Å². The maximum atomic E-state index is 11.6. The molecule has 0 aromatic heterocycles. The number of anilines is 1. The minimum Gasteiger partial charge on any atom is -0.378 e. The molecule has 1 atom stereocenters. The Hall–Kier alpha value is -2.02. The number of benzene rings is 1. The number of hydrogen-bond donors (Lipinski definition) is 1. The van der Waals surface area contributed by atoms with Crippen molar-refractivity contribution < 1.29 is 4.79 Å². The van der Waals surface area contributed by atoms with Crippen molar-refractivity contribution in [1.29, 1.82) is 5.26 Å². The van der Waals surface area contributed by atoms with Crippen LogP contribution in [0.1, 0.15) is 37.8 Å². The lowest BCUT2D eigenvalue weighted by Crippen LogP contribution is -2.27. The van der Waals surface area contributed by atoms with Gasteiger partial charge in [-0.3, -0.25) is 4.79 Å². The summed E-state index contributed by atoms with van der Waals surface area (Å²) in [7, 11) is 3.92. The number of rotatable bonds is 6. The molecule has 0 aliphatic rings. The summed E-state index contributed by atoms with van der Waals surface area (Å²) < 4.78 is 0. The maximum Gasteiger partial charge on any atom is 0.221 e. The van der Waals surface area contributed by atoms with E-state index in [4.69, 9.17) is 5.26 Å². The van der Waals surface area contributed by atoms with Gasteiger partial charge in [-0.05, 0) is 24.1 Å². The third-order valence-corrected chi connectivity index (χ3v) is 2.93. The molecule has 0 fully saturated rings. The van der Waals surface area contributed by atoms with E-state index < -0.39 is 6.04 Å². The fourth-order valence-electron chi connectivity index (χ4n) is 1.73. The van der Waals surface area contributed by atoms with Gasteiger partial charge in [-0.15, -0.1) is 0 Å². The summed E-state index contributed by atoms with van der Waals surface area (Å²) in [6, 6.07) is 9.20. The van der Waals surface area contributed by atoms with Gasteiger partial charge in [-0.25, -0.2) is 0 Å². The summed E-state index contributed by atoms with van der Waals surface area (Å²) in [6.45, 7) is 2.04. The quantitative estimate of drug-likeness (QED) is 0.854. The van der Waals surface area contributed by atoms with E-state index in [-0.39, 0.29) is 5.91 Å². The zero-order chi connectivity index (χ0) is 14.3. The maximum absolute atomic E-state index is 11.6. The van der Waals surface area contributed by atoms with Gasteiger partial charge >= 0.3 is 0 Å². The highest BCUT2D eigenvalue weighted by Gasteiger charge is 2.13. The van der Waals surface area contributed by atoms with E-state index in [1.807, 2.05) is 50.2 Å². The van der Waals surface area contributed by atoms with Crippen molar-refractivity contribution in [2.45, 2.75) is 32.2 Å². The molecule has 19 heavy (non-hydrogen) atoms. The Morgan fingerprint density at radius 3 is 2.47 bits per heavy atom. The molecule has 4 heteroatoms. The van der Waals surface area contributed by atoms with E-state index in [1.165, 1.54) is 0 Å². The summed E-state index contributed by atoms with van der Waals surface area (Å²) in [4.78, 5) is 13.6. The van der Waals surface area contributed by atoms with Crippen molar-refractivity contribution in [1.82, 2.24) is 5.32 Å². The van der Waals surface area contributed by atoms with Crippen LogP contribution in [-0.2, 0) is 4.79 Å². The second-order valence-electron chi connectivity index (χ2n) is 4.72. The van der Waals surface area contributed by atoms with Crippen LogP contribution in [-0.4, -0.2) is 20.0 Å². The van der Waals surface area contributed by atoms with Crippen molar-refractivity contribution in [2.75, 3.05) is 19.0 Å². The van der Waals surface area contributed by atoms with Crippen LogP contribution in [0, 0.1) is 11.3 Å². The summed E-state index contributed by atoms with van der Waals surface area (Å²) in [5.41, 5.74) is 1.88. The fourth-order valence-corrected chi connectivity index (χ4v) is 1.73. The summed E-state index contributed by atoms with van der Waals surface area (Å²) in [5, 5.41) is 11.9. The van der Waals surface area contributed by atoms with Crippen LogP contribution in [0.2, 0.25) is 0 Å². The molecule has 0 saturated heterocycles. The van der Waals surface area contributed by atoms with Crippen LogP contribution in [0.4, 0.5) is 5.69 Å². The highest BCUT2D eigenvalue weighted by atomic mass is 16.1. The molecule has 0 aliphatic heterocycles. The minimum atomic E-state index is -0.569. The number of amides is 1. The Labute approximate surface area is 115 Å². The lowest BCUT2D eigenvalue weighted by molar-refractivity contribution is -0.121. The van der Waals surface area contributed by atoms with E-state index in [1.54, 1.807) is 0 Å². The van der Waals surface area contributed by atoms with Crippen molar-refractivity contribution in [3.8, 4) is 6.07 Å². The summed E-state index contributed by atoms with van der Waals surface area (Å²) >= 11 is 0. The van der Waals surface area contributed by atoms with Gasteiger partial charge in [-0.2, -0.15) is 5.26 Å². The average molecular weight is 259 g/mol. The molecule has 1 aromatic carbocycles. The first kappa shape index (κ1) is 15.0. The third-order valence-electron chi connectivity index (χ3n) is 2.93. The number of nitriles is 1. The van der Waals surface area contributed by atoms with Gasteiger partial charge < -0.3 is 10.2 Å². The van der Waals surface area contributed by atoms with Crippen LogP contribution in [0.15, 0.2) is 24.3 Å². The molecule has 0 heterocycles. The Morgan fingerprint density at radius 2 is 2.00 bits per heavy atom. The van der Waals surface area contributed by atoms with Crippen LogP contribution in [0.25, 0.3) is 0 Å². The van der Waals surface area contributed by atoms with Gasteiger partial charge in [0.1, 0.15) is 6.04 Å². The Bertz CT molecular complexity index is 445. The van der Waals surface area contributed by atoms with Crippen LogP contribution >= 0.6 is 0 Å². The largest absolute Gasteiger partial charge is 0.378 e. The molecule has 0 radical (unpaired) electrons. The number of carbonyl (C=O) groups is 1. The van der Waals surface area contributed by atoms with Gasteiger partial charge in [0.2, 0.25) is 5.91 Å². The Balaban J connectivity index is 2.70. The molecule has 0 spiro atoms. The molecular weight excluding hydrogens is 238 g/mol. The molecule has 102 valence electrons. The number of unbranched alkanes of at least 4 members (excludes halogenated alkanes) is 1. The molecular formula is C15H21N3O. The van der Waals surface area contributed by atoms with E-state index in [9.17, 15) is 4.79 Å². The first-order chi connectivity index (χ1) is 9.08. The van der Waals surface area contributed by atoms with Crippen molar-refractivity contribution in [3.63, 3.8) is 0 Å². The van der Waals surface area contributed by atoms with Gasteiger partial charge in [0.25, 0.3) is 0 Å². The third kappa shape index (κ3) is 4.63. The Kier molecular flexibility index (Phi) is 5.87. The fraction of sp³-hybridized carbons (Fsp3) is 0.467. The van der Waals surface area contributed by atoms with E-state index >= 15 is 0 Å². The number of nitrogens with zero attached hydrogens (tertiary/aromatic N) is 2. The highest BCUT2D eigenvalue weighted by Crippen LogP contribution is 2.17. The number of hydrogen-bond acceptors (Lipinski definition) is 3. The average Bonchev–Trinajstić information content (AvgIpc) is 2.42.